The lowest BCUT2D eigenvalue weighted by Gasteiger charge is -2.30. The van der Waals surface area contributed by atoms with Gasteiger partial charge in [-0.15, -0.1) is 0 Å². The Balaban J connectivity index is 1.68. The first-order valence-corrected chi connectivity index (χ1v) is 9.97. The van der Waals surface area contributed by atoms with E-state index in [1.165, 1.54) is 14.2 Å². The Kier molecular flexibility index (Phi) is 6.82. The fourth-order valence-corrected chi connectivity index (χ4v) is 3.98. The number of ether oxygens (including phenoxy) is 3. The number of carbonyl (C=O) groups excluding carboxylic acids is 2. The molecule has 2 aromatic rings. The molecule has 7 nitrogen and oxygen atoms in total. The highest BCUT2D eigenvalue weighted by Gasteiger charge is 2.36. The van der Waals surface area contributed by atoms with E-state index in [0.717, 1.165) is 37.0 Å². The quantitative estimate of drug-likeness (QED) is 0.682. The van der Waals surface area contributed by atoms with Crippen molar-refractivity contribution in [1.82, 2.24) is 5.32 Å². The van der Waals surface area contributed by atoms with Crippen molar-refractivity contribution in [1.29, 1.82) is 0 Å². The van der Waals surface area contributed by atoms with Crippen LogP contribution in [-0.4, -0.2) is 39.7 Å². The number of rotatable bonds is 7. The number of hydrogen-bond acceptors (Lipinski definition) is 5. The minimum atomic E-state index is -0.746. The normalized spacial score (nSPS) is 14.6. The molecule has 0 aliphatic heterocycles. The lowest BCUT2D eigenvalue weighted by atomic mass is 9.78. The average Bonchev–Trinajstić information content (AvgIpc) is 3.27. The summed E-state index contributed by atoms with van der Waals surface area (Å²) in [5.41, 5.74) is 1.36. The Morgan fingerprint density at radius 1 is 0.867 bits per heavy atom. The van der Waals surface area contributed by atoms with E-state index in [1.54, 1.807) is 25.3 Å². The van der Waals surface area contributed by atoms with Gasteiger partial charge < -0.3 is 24.8 Å². The van der Waals surface area contributed by atoms with Gasteiger partial charge in [0.2, 0.25) is 0 Å². The van der Waals surface area contributed by atoms with E-state index >= 15 is 0 Å². The summed E-state index contributed by atoms with van der Waals surface area (Å²) in [6.07, 6.45) is 4.11. The van der Waals surface area contributed by atoms with Gasteiger partial charge in [0.15, 0.2) is 0 Å². The Morgan fingerprint density at radius 3 is 2.10 bits per heavy atom. The van der Waals surface area contributed by atoms with Gasteiger partial charge in [-0.3, -0.25) is 9.59 Å². The van der Waals surface area contributed by atoms with Crippen LogP contribution < -0.4 is 24.8 Å². The van der Waals surface area contributed by atoms with E-state index in [0.29, 0.717) is 23.7 Å². The second kappa shape index (κ2) is 9.52. The van der Waals surface area contributed by atoms with Crippen LogP contribution in [0, 0.1) is 0 Å². The zero-order chi connectivity index (χ0) is 21.6. The Hall–Kier alpha value is -3.22. The third-order valence-electron chi connectivity index (χ3n) is 5.71. The maximum atomic E-state index is 12.5. The maximum absolute atomic E-state index is 12.5. The summed E-state index contributed by atoms with van der Waals surface area (Å²) in [5, 5.41) is 5.43. The van der Waals surface area contributed by atoms with Crippen LogP contribution in [-0.2, 0) is 15.0 Å². The molecular weight excluding hydrogens is 384 g/mol. The van der Waals surface area contributed by atoms with Crippen LogP contribution >= 0.6 is 0 Å². The van der Waals surface area contributed by atoms with Crippen LogP contribution in [0.3, 0.4) is 0 Å². The van der Waals surface area contributed by atoms with Crippen LogP contribution in [0.1, 0.15) is 31.2 Å². The van der Waals surface area contributed by atoms with Gasteiger partial charge in [-0.25, -0.2) is 0 Å². The van der Waals surface area contributed by atoms with E-state index in [2.05, 4.69) is 10.6 Å². The van der Waals surface area contributed by atoms with Crippen LogP contribution in [0.4, 0.5) is 5.69 Å². The van der Waals surface area contributed by atoms with E-state index in [9.17, 15) is 9.59 Å². The van der Waals surface area contributed by atoms with Gasteiger partial charge in [-0.1, -0.05) is 25.0 Å². The Morgan fingerprint density at radius 2 is 1.50 bits per heavy atom. The van der Waals surface area contributed by atoms with Crippen molar-refractivity contribution in [2.24, 2.45) is 0 Å². The van der Waals surface area contributed by atoms with Crippen molar-refractivity contribution in [2.75, 3.05) is 33.2 Å². The second-order valence-corrected chi connectivity index (χ2v) is 7.42. The molecule has 0 aromatic heterocycles. The maximum Gasteiger partial charge on any atom is 0.313 e. The molecule has 1 aliphatic rings. The van der Waals surface area contributed by atoms with Gasteiger partial charge in [0, 0.05) is 18.0 Å². The molecule has 3 rings (SSSR count). The summed E-state index contributed by atoms with van der Waals surface area (Å²) >= 11 is 0. The molecule has 0 unspecified atom stereocenters. The summed E-state index contributed by atoms with van der Waals surface area (Å²) in [4.78, 5) is 25.0. The summed E-state index contributed by atoms with van der Waals surface area (Å²) in [6.45, 7) is 0.404. The standard InChI is InChI=1S/C23H28N2O5/c1-28-17-8-6-16(7-9-17)23(12-4-5-13-23)15-24-21(26)22(27)25-19-14-18(29-2)10-11-20(19)30-3/h6-11,14H,4-5,12-13,15H2,1-3H3,(H,24,26)(H,25,27). The van der Waals surface area contributed by atoms with Crippen LogP contribution in [0.25, 0.3) is 0 Å². The Labute approximate surface area is 176 Å². The SMILES string of the molecule is COc1ccc(C2(CNC(=O)C(=O)Nc3cc(OC)ccc3OC)CCCC2)cc1. The predicted molar refractivity (Wildman–Crippen MR) is 114 cm³/mol. The number of anilines is 1. The topological polar surface area (TPSA) is 85.9 Å². The van der Waals surface area contributed by atoms with Crippen molar-refractivity contribution < 1.29 is 23.8 Å². The molecular formula is C23H28N2O5. The Bertz CT molecular complexity index is 889. The highest BCUT2D eigenvalue weighted by atomic mass is 16.5. The average molecular weight is 412 g/mol. The molecule has 0 heterocycles. The molecule has 0 radical (unpaired) electrons. The zero-order valence-electron chi connectivity index (χ0n) is 17.6. The number of benzene rings is 2. The number of amides is 2. The molecule has 0 spiro atoms. The fraction of sp³-hybridized carbons (Fsp3) is 0.391. The minimum Gasteiger partial charge on any atom is -0.497 e. The molecule has 0 atom stereocenters. The van der Waals surface area contributed by atoms with Gasteiger partial charge >= 0.3 is 11.8 Å². The molecule has 7 heteroatoms. The first-order valence-electron chi connectivity index (χ1n) is 9.97. The second-order valence-electron chi connectivity index (χ2n) is 7.42. The highest BCUT2D eigenvalue weighted by Crippen LogP contribution is 2.41. The summed E-state index contributed by atoms with van der Waals surface area (Å²) in [6, 6.07) is 12.9. The lowest BCUT2D eigenvalue weighted by molar-refractivity contribution is -0.136. The molecule has 160 valence electrons. The largest absolute Gasteiger partial charge is 0.497 e. The van der Waals surface area contributed by atoms with E-state index < -0.39 is 11.8 Å². The molecule has 1 fully saturated rings. The van der Waals surface area contributed by atoms with E-state index in [4.69, 9.17) is 14.2 Å². The van der Waals surface area contributed by atoms with Crippen molar-refractivity contribution in [3.8, 4) is 17.2 Å². The van der Waals surface area contributed by atoms with Crippen molar-refractivity contribution >= 4 is 17.5 Å². The molecule has 2 N–H and O–H groups in total. The van der Waals surface area contributed by atoms with Gasteiger partial charge in [-0.2, -0.15) is 0 Å². The van der Waals surface area contributed by atoms with Crippen LogP contribution in [0.5, 0.6) is 17.2 Å². The molecule has 0 saturated heterocycles. The number of nitrogens with one attached hydrogen (secondary N) is 2. The molecule has 1 saturated carbocycles. The van der Waals surface area contributed by atoms with Crippen molar-refractivity contribution in [3.05, 3.63) is 48.0 Å². The first-order chi connectivity index (χ1) is 14.5. The van der Waals surface area contributed by atoms with Gasteiger partial charge in [-0.05, 0) is 42.7 Å². The number of carbonyl (C=O) groups is 2. The van der Waals surface area contributed by atoms with E-state index in [1.807, 2.05) is 24.3 Å². The number of hydrogen-bond donors (Lipinski definition) is 2. The summed E-state index contributed by atoms with van der Waals surface area (Å²) < 4.78 is 15.7. The molecule has 2 aromatic carbocycles. The van der Waals surface area contributed by atoms with Crippen molar-refractivity contribution in [3.63, 3.8) is 0 Å². The first kappa shape index (κ1) is 21.5. The van der Waals surface area contributed by atoms with Crippen LogP contribution in [0.15, 0.2) is 42.5 Å². The zero-order valence-corrected chi connectivity index (χ0v) is 17.6. The molecule has 30 heavy (non-hydrogen) atoms. The van der Waals surface area contributed by atoms with E-state index in [-0.39, 0.29) is 5.41 Å². The lowest BCUT2D eigenvalue weighted by Crippen LogP contribution is -2.43. The molecule has 2 amide bonds. The minimum absolute atomic E-state index is 0.171. The number of methoxy groups -OCH3 is 3. The fourth-order valence-electron chi connectivity index (χ4n) is 3.98. The third kappa shape index (κ3) is 4.67. The smallest absolute Gasteiger partial charge is 0.313 e. The third-order valence-corrected chi connectivity index (χ3v) is 5.71. The summed E-state index contributed by atoms with van der Waals surface area (Å²) in [7, 11) is 4.66. The highest BCUT2D eigenvalue weighted by molar-refractivity contribution is 6.39. The summed E-state index contributed by atoms with van der Waals surface area (Å²) in [5.74, 6) is 0.366. The van der Waals surface area contributed by atoms with Gasteiger partial charge in [0.05, 0.1) is 27.0 Å². The van der Waals surface area contributed by atoms with Crippen LogP contribution in [0.2, 0.25) is 0 Å². The predicted octanol–water partition coefficient (Wildman–Crippen LogP) is 3.28. The van der Waals surface area contributed by atoms with Gasteiger partial charge in [0.1, 0.15) is 17.2 Å². The molecule has 1 aliphatic carbocycles. The van der Waals surface area contributed by atoms with Gasteiger partial charge in [0.25, 0.3) is 0 Å². The monoisotopic (exact) mass is 412 g/mol. The molecule has 0 bridgehead atoms. The van der Waals surface area contributed by atoms with Crippen molar-refractivity contribution in [2.45, 2.75) is 31.1 Å².